The molecule has 0 unspecified atom stereocenters. The Morgan fingerprint density at radius 3 is 2.69 bits per heavy atom. The molecule has 5 nitrogen and oxygen atoms in total. The third kappa shape index (κ3) is 5.23. The van der Waals surface area contributed by atoms with Crippen LogP contribution in [-0.4, -0.2) is 21.1 Å². The summed E-state index contributed by atoms with van der Waals surface area (Å²) in [7, 11) is 0. The van der Waals surface area contributed by atoms with Crippen molar-refractivity contribution < 1.29 is 18.3 Å². The standard InChI is InChI=1S/C21H24F2N2O3S/c1-21(2,3)28-17(26)11-25-16-10-5-4-8-14(16)19(27)24-20(25)29-12-13-7-6-9-15(22)18(13)23/h6-7,9H,4-5,8,10-12H2,1-3H3. The SMILES string of the molecule is CC(C)(C)OC(=O)Cn1c(SCc2cccc(F)c2F)nc(=O)c2c1CCCC2. The number of esters is 1. The van der Waals surface area contributed by atoms with Crippen LogP contribution in [0.25, 0.3) is 0 Å². The van der Waals surface area contributed by atoms with Crippen molar-refractivity contribution in [3.8, 4) is 0 Å². The van der Waals surface area contributed by atoms with E-state index in [-0.39, 0.29) is 23.4 Å². The zero-order valence-corrected chi connectivity index (χ0v) is 17.6. The highest BCUT2D eigenvalue weighted by Crippen LogP contribution is 2.27. The van der Waals surface area contributed by atoms with Gasteiger partial charge in [0.25, 0.3) is 5.56 Å². The predicted molar refractivity (Wildman–Crippen MR) is 107 cm³/mol. The number of hydrogen-bond acceptors (Lipinski definition) is 5. The number of thioether (sulfide) groups is 1. The first-order chi connectivity index (χ1) is 13.7. The molecule has 1 aliphatic carbocycles. The molecule has 0 atom stereocenters. The van der Waals surface area contributed by atoms with Crippen LogP contribution in [0.15, 0.2) is 28.2 Å². The molecule has 3 rings (SSSR count). The summed E-state index contributed by atoms with van der Waals surface area (Å²) < 4.78 is 34.6. The summed E-state index contributed by atoms with van der Waals surface area (Å²) >= 11 is 1.11. The first kappa shape index (κ1) is 21.5. The fraction of sp³-hybridized carbons (Fsp3) is 0.476. The Balaban J connectivity index is 1.94. The number of rotatable bonds is 5. The molecule has 0 N–H and O–H groups in total. The van der Waals surface area contributed by atoms with Crippen molar-refractivity contribution in [3.63, 3.8) is 0 Å². The molecular formula is C21H24F2N2O3S. The van der Waals surface area contributed by atoms with E-state index in [2.05, 4.69) is 4.98 Å². The number of ether oxygens (including phenoxy) is 1. The molecule has 0 saturated heterocycles. The van der Waals surface area contributed by atoms with Gasteiger partial charge in [-0.2, -0.15) is 4.98 Å². The molecule has 0 aliphatic heterocycles. The van der Waals surface area contributed by atoms with Gasteiger partial charge in [0.15, 0.2) is 16.8 Å². The number of carbonyl (C=O) groups is 1. The number of benzene rings is 1. The maximum atomic E-state index is 14.0. The molecule has 8 heteroatoms. The fourth-order valence-corrected chi connectivity index (χ4v) is 4.31. The summed E-state index contributed by atoms with van der Waals surface area (Å²) in [4.78, 5) is 29.1. The van der Waals surface area contributed by atoms with Gasteiger partial charge in [-0.1, -0.05) is 23.9 Å². The molecule has 0 bridgehead atoms. The molecule has 0 amide bonds. The van der Waals surface area contributed by atoms with Crippen molar-refractivity contribution in [2.45, 2.75) is 69.5 Å². The van der Waals surface area contributed by atoms with E-state index in [1.54, 1.807) is 25.3 Å². The average molecular weight is 422 g/mol. The highest BCUT2D eigenvalue weighted by atomic mass is 32.2. The van der Waals surface area contributed by atoms with Gasteiger partial charge in [-0.25, -0.2) is 8.78 Å². The Morgan fingerprint density at radius 2 is 1.97 bits per heavy atom. The first-order valence-corrected chi connectivity index (χ1v) is 10.5. The highest BCUT2D eigenvalue weighted by Gasteiger charge is 2.24. The van der Waals surface area contributed by atoms with Crippen LogP contribution < -0.4 is 5.56 Å². The summed E-state index contributed by atoms with van der Waals surface area (Å²) in [6, 6.07) is 3.97. The van der Waals surface area contributed by atoms with Crippen LogP contribution in [0.3, 0.4) is 0 Å². The van der Waals surface area contributed by atoms with Crippen LogP contribution in [0.2, 0.25) is 0 Å². The largest absolute Gasteiger partial charge is 0.459 e. The van der Waals surface area contributed by atoms with Crippen molar-refractivity contribution in [2.75, 3.05) is 0 Å². The lowest BCUT2D eigenvalue weighted by molar-refractivity contribution is -0.155. The molecule has 1 aromatic heterocycles. The van der Waals surface area contributed by atoms with Crippen molar-refractivity contribution in [3.05, 3.63) is 57.0 Å². The Labute approximate surface area is 172 Å². The third-order valence-electron chi connectivity index (χ3n) is 4.55. The number of hydrogen-bond donors (Lipinski definition) is 0. The number of fused-ring (bicyclic) bond motifs is 1. The monoisotopic (exact) mass is 422 g/mol. The highest BCUT2D eigenvalue weighted by molar-refractivity contribution is 7.98. The van der Waals surface area contributed by atoms with Crippen LogP contribution >= 0.6 is 11.8 Å². The average Bonchev–Trinajstić information content (AvgIpc) is 2.64. The summed E-state index contributed by atoms with van der Waals surface area (Å²) in [5, 5.41) is 0.310. The Kier molecular flexibility index (Phi) is 6.41. The maximum Gasteiger partial charge on any atom is 0.326 e. The van der Waals surface area contributed by atoms with E-state index < -0.39 is 23.2 Å². The first-order valence-electron chi connectivity index (χ1n) is 9.56. The molecule has 156 valence electrons. The number of carbonyl (C=O) groups excluding carboxylic acids is 1. The minimum atomic E-state index is -0.923. The maximum absolute atomic E-state index is 14.0. The topological polar surface area (TPSA) is 61.2 Å². The van der Waals surface area contributed by atoms with E-state index >= 15 is 0 Å². The van der Waals surface area contributed by atoms with Crippen LogP contribution in [0.4, 0.5) is 8.78 Å². The van der Waals surface area contributed by atoms with E-state index in [4.69, 9.17) is 4.74 Å². The number of aromatic nitrogens is 2. The Bertz CT molecular complexity index is 983. The van der Waals surface area contributed by atoms with Crippen LogP contribution in [0.5, 0.6) is 0 Å². The van der Waals surface area contributed by atoms with Gasteiger partial charge in [0.1, 0.15) is 12.1 Å². The lowest BCUT2D eigenvalue weighted by atomic mass is 9.97. The lowest BCUT2D eigenvalue weighted by Crippen LogP contribution is -2.31. The van der Waals surface area contributed by atoms with Crippen molar-refractivity contribution in [1.29, 1.82) is 0 Å². The van der Waals surface area contributed by atoms with Crippen molar-refractivity contribution >= 4 is 17.7 Å². The van der Waals surface area contributed by atoms with Gasteiger partial charge in [0.05, 0.1) is 0 Å². The normalized spacial score (nSPS) is 13.8. The minimum Gasteiger partial charge on any atom is -0.459 e. The minimum absolute atomic E-state index is 0.0825. The van der Waals surface area contributed by atoms with Crippen molar-refractivity contribution in [1.82, 2.24) is 9.55 Å². The zero-order valence-electron chi connectivity index (χ0n) is 16.8. The van der Waals surface area contributed by atoms with Gasteiger partial charge in [-0.05, 0) is 52.5 Å². The van der Waals surface area contributed by atoms with Gasteiger partial charge in [-0.3, -0.25) is 9.59 Å². The molecular weight excluding hydrogens is 398 g/mol. The van der Waals surface area contributed by atoms with E-state index in [0.717, 1.165) is 36.4 Å². The predicted octanol–water partition coefficient (Wildman–Crippen LogP) is 4.03. The molecule has 29 heavy (non-hydrogen) atoms. The summed E-state index contributed by atoms with van der Waals surface area (Å²) in [5.41, 5.74) is 0.625. The zero-order chi connectivity index (χ0) is 21.2. The molecule has 0 radical (unpaired) electrons. The molecule has 0 spiro atoms. The van der Waals surface area contributed by atoms with Gasteiger partial charge >= 0.3 is 5.97 Å². The number of nitrogens with zero attached hydrogens (tertiary/aromatic N) is 2. The summed E-state index contributed by atoms with van der Waals surface area (Å²) in [6.07, 6.45) is 3.10. The second-order valence-corrected chi connectivity index (χ2v) is 8.95. The van der Waals surface area contributed by atoms with Crippen LogP contribution in [0, 0.1) is 11.6 Å². The Hall–Kier alpha value is -2.22. The smallest absolute Gasteiger partial charge is 0.326 e. The summed E-state index contributed by atoms with van der Waals surface area (Å²) in [6.45, 7) is 5.27. The van der Waals surface area contributed by atoms with Crippen LogP contribution in [-0.2, 0) is 34.7 Å². The van der Waals surface area contributed by atoms with Crippen LogP contribution in [0.1, 0.15) is 50.4 Å². The molecule has 1 aromatic carbocycles. The summed E-state index contributed by atoms with van der Waals surface area (Å²) in [5.74, 6) is -2.19. The lowest BCUT2D eigenvalue weighted by Gasteiger charge is -2.25. The molecule has 0 saturated carbocycles. The molecule has 0 fully saturated rings. The molecule has 1 aliphatic rings. The Morgan fingerprint density at radius 1 is 1.24 bits per heavy atom. The second-order valence-electron chi connectivity index (χ2n) is 8.01. The van der Waals surface area contributed by atoms with Gasteiger partial charge in [0, 0.05) is 22.6 Å². The van der Waals surface area contributed by atoms with E-state index in [9.17, 15) is 18.4 Å². The van der Waals surface area contributed by atoms with Gasteiger partial charge in [-0.15, -0.1) is 0 Å². The van der Waals surface area contributed by atoms with E-state index in [1.165, 1.54) is 12.1 Å². The molecule has 2 aromatic rings. The second kappa shape index (κ2) is 8.65. The van der Waals surface area contributed by atoms with E-state index in [1.807, 2.05) is 0 Å². The fourth-order valence-electron chi connectivity index (χ4n) is 3.33. The molecule has 1 heterocycles. The number of halogens is 2. The van der Waals surface area contributed by atoms with Gasteiger partial charge in [0.2, 0.25) is 0 Å². The van der Waals surface area contributed by atoms with Gasteiger partial charge < -0.3 is 9.30 Å². The van der Waals surface area contributed by atoms with E-state index in [0.29, 0.717) is 23.6 Å². The third-order valence-corrected chi connectivity index (χ3v) is 5.57. The van der Waals surface area contributed by atoms with Crippen molar-refractivity contribution in [2.24, 2.45) is 0 Å². The quantitative estimate of drug-likeness (QED) is 0.414.